The van der Waals surface area contributed by atoms with E-state index in [2.05, 4.69) is 10.6 Å². The van der Waals surface area contributed by atoms with Gasteiger partial charge in [-0.3, -0.25) is 14.9 Å². The molecule has 1 aromatic carbocycles. The molecule has 0 radical (unpaired) electrons. The van der Waals surface area contributed by atoms with Gasteiger partial charge < -0.3 is 15.0 Å². The predicted molar refractivity (Wildman–Crippen MR) is 86.2 cm³/mol. The Balaban J connectivity index is 1.65. The Morgan fingerprint density at radius 1 is 1.26 bits per heavy atom. The smallest absolute Gasteiger partial charge is 0.382 e. The maximum atomic E-state index is 12.8. The number of fused-ring (bicyclic) bond motifs is 1. The van der Waals surface area contributed by atoms with Gasteiger partial charge in [-0.25, -0.2) is 4.79 Å². The number of carbonyl (C=O) groups excluding carboxylic acids is 3. The summed E-state index contributed by atoms with van der Waals surface area (Å²) in [5.74, 6) is -0.883. The summed E-state index contributed by atoms with van der Waals surface area (Å²) in [4.78, 5) is 37.4. The minimum atomic E-state index is -4.44. The fraction of sp³-hybridized carbons (Fsp3) is 0.471. The number of ether oxygens (including phenoxy) is 1. The molecular weight excluding hydrogens is 367 g/mol. The third kappa shape index (κ3) is 3.75. The van der Waals surface area contributed by atoms with Crippen LogP contribution in [-0.4, -0.2) is 42.0 Å². The molecule has 2 aliphatic heterocycles. The third-order valence-electron chi connectivity index (χ3n) is 4.78. The Bertz CT molecular complexity index is 796. The molecule has 3 rings (SSSR count). The molecule has 1 atom stereocenters. The lowest BCUT2D eigenvalue weighted by Gasteiger charge is -2.25. The second-order valence-electron chi connectivity index (χ2n) is 6.65. The number of urea groups is 1. The van der Waals surface area contributed by atoms with E-state index < -0.39 is 29.2 Å². The molecule has 27 heavy (non-hydrogen) atoms. The number of hydrogen-bond acceptors (Lipinski definition) is 4. The monoisotopic (exact) mass is 385 g/mol. The van der Waals surface area contributed by atoms with Crippen LogP contribution in [0.25, 0.3) is 0 Å². The van der Waals surface area contributed by atoms with Gasteiger partial charge in [0.25, 0.3) is 5.91 Å². The molecule has 7 nitrogen and oxygen atoms in total. The molecule has 2 aliphatic rings. The normalized spacial score (nSPS) is 21.9. The van der Waals surface area contributed by atoms with Crippen LogP contribution >= 0.6 is 0 Å². The number of nitrogens with one attached hydrogen (secondary N) is 2. The van der Waals surface area contributed by atoms with E-state index in [0.29, 0.717) is 11.1 Å². The van der Waals surface area contributed by atoms with Crippen molar-refractivity contribution in [1.82, 2.24) is 15.5 Å². The molecule has 2 N–H and O–H groups in total. The van der Waals surface area contributed by atoms with E-state index >= 15 is 0 Å². The molecule has 1 saturated heterocycles. The van der Waals surface area contributed by atoms with E-state index in [1.54, 1.807) is 0 Å². The van der Waals surface area contributed by atoms with Crippen molar-refractivity contribution >= 4 is 17.8 Å². The summed E-state index contributed by atoms with van der Waals surface area (Å²) in [7, 11) is 1.37. The quantitative estimate of drug-likeness (QED) is 0.753. The highest BCUT2D eigenvalue weighted by molar-refractivity contribution is 6.07. The molecule has 0 aromatic heterocycles. The average Bonchev–Trinajstić information content (AvgIpc) is 3.12. The minimum Gasteiger partial charge on any atom is -0.382 e. The van der Waals surface area contributed by atoms with Crippen molar-refractivity contribution in [2.45, 2.75) is 37.6 Å². The molecule has 4 amide bonds. The van der Waals surface area contributed by atoms with Gasteiger partial charge in [0, 0.05) is 26.6 Å². The van der Waals surface area contributed by atoms with E-state index in [1.807, 2.05) is 0 Å². The number of methoxy groups -OCH3 is 1. The molecule has 2 heterocycles. The topological polar surface area (TPSA) is 87.7 Å². The van der Waals surface area contributed by atoms with Crippen LogP contribution in [0.2, 0.25) is 0 Å². The molecule has 0 bridgehead atoms. The number of amides is 4. The Kier molecular flexibility index (Phi) is 4.85. The molecule has 1 aromatic rings. The summed E-state index contributed by atoms with van der Waals surface area (Å²) in [6.07, 6.45) is -4.47. The van der Waals surface area contributed by atoms with Crippen molar-refractivity contribution in [3.63, 3.8) is 0 Å². The zero-order valence-electron chi connectivity index (χ0n) is 14.5. The lowest BCUT2D eigenvalue weighted by atomic mass is 9.94. The number of alkyl halides is 3. The summed E-state index contributed by atoms with van der Waals surface area (Å²) in [5.41, 5.74) is -0.955. The second kappa shape index (κ2) is 6.84. The summed E-state index contributed by atoms with van der Waals surface area (Å²) < 4.78 is 43.5. The number of nitrogens with zero attached hydrogens (tertiary/aromatic N) is 1. The number of hydrogen-bond donors (Lipinski definition) is 2. The molecule has 10 heteroatoms. The van der Waals surface area contributed by atoms with Gasteiger partial charge in [-0.1, -0.05) is 6.07 Å². The minimum absolute atomic E-state index is 0.0257. The predicted octanol–water partition coefficient (Wildman–Crippen LogP) is 1.55. The van der Waals surface area contributed by atoms with Crippen LogP contribution < -0.4 is 10.6 Å². The first-order valence-electron chi connectivity index (χ1n) is 8.24. The lowest BCUT2D eigenvalue weighted by Crippen LogP contribution is -2.51. The summed E-state index contributed by atoms with van der Waals surface area (Å²) in [6.45, 7) is 0.197. The maximum Gasteiger partial charge on any atom is 0.416 e. The summed E-state index contributed by atoms with van der Waals surface area (Å²) >= 11 is 0. The number of rotatable bonds is 5. The Morgan fingerprint density at radius 2 is 1.96 bits per heavy atom. The number of carbonyl (C=O) groups is 3. The van der Waals surface area contributed by atoms with Crippen molar-refractivity contribution in [3.8, 4) is 0 Å². The molecule has 0 spiro atoms. The van der Waals surface area contributed by atoms with Crippen LogP contribution in [0.3, 0.4) is 0 Å². The standard InChI is InChI=1S/C17H18F3N3O4/c1-27-9-16(14(25)21-15(26)22-16)5-4-13(24)23-7-10-2-3-12(17(18,19)20)6-11(10)8-23/h2-3,6H,4-5,7-9H2,1H3,(H2,21,22,25,26). The zero-order valence-corrected chi connectivity index (χ0v) is 14.5. The molecule has 1 fully saturated rings. The van der Waals surface area contributed by atoms with Crippen molar-refractivity contribution in [3.05, 3.63) is 34.9 Å². The van der Waals surface area contributed by atoms with Gasteiger partial charge in [-0.05, 0) is 29.7 Å². The number of imide groups is 1. The Morgan fingerprint density at radius 3 is 2.56 bits per heavy atom. The fourth-order valence-corrected chi connectivity index (χ4v) is 3.35. The third-order valence-corrected chi connectivity index (χ3v) is 4.78. The SMILES string of the molecule is COCC1(CCC(=O)N2Cc3ccc(C(F)(F)F)cc3C2)NC(=O)NC1=O. The summed E-state index contributed by atoms with van der Waals surface area (Å²) in [5, 5.41) is 4.60. The largest absolute Gasteiger partial charge is 0.416 e. The van der Waals surface area contributed by atoms with E-state index in [1.165, 1.54) is 18.1 Å². The lowest BCUT2D eigenvalue weighted by molar-refractivity contribution is -0.137. The van der Waals surface area contributed by atoms with Gasteiger partial charge in [0.15, 0.2) is 0 Å². The highest BCUT2D eigenvalue weighted by Crippen LogP contribution is 2.33. The van der Waals surface area contributed by atoms with Crippen LogP contribution in [-0.2, 0) is 33.6 Å². The van der Waals surface area contributed by atoms with Gasteiger partial charge in [0.2, 0.25) is 5.91 Å². The van der Waals surface area contributed by atoms with E-state index in [9.17, 15) is 27.6 Å². The zero-order chi connectivity index (χ0) is 19.8. The molecule has 0 saturated carbocycles. The number of halogens is 3. The van der Waals surface area contributed by atoms with Crippen molar-refractivity contribution in [2.24, 2.45) is 0 Å². The van der Waals surface area contributed by atoms with Crippen LogP contribution in [0.5, 0.6) is 0 Å². The van der Waals surface area contributed by atoms with Gasteiger partial charge in [-0.15, -0.1) is 0 Å². The van der Waals surface area contributed by atoms with Gasteiger partial charge in [-0.2, -0.15) is 13.2 Å². The second-order valence-corrected chi connectivity index (χ2v) is 6.65. The van der Waals surface area contributed by atoms with Gasteiger partial charge >= 0.3 is 12.2 Å². The van der Waals surface area contributed by atoms with Crippen molar-refractivity contribution in [1.29, 1.82) is 0 Å². The number of benzene rings is 1. The Hall–Kier alpha value is -2.62. The van der Waals surface area contributed by atoms with Crippen molar-refractivity contribution in [2.75, 3.05) is 13.7 Å². The molecule has 0 aliphatic carbocycles. The highest BCUT2D eigenvalue weighted by Gasteiger charge is 2.46. The average molecular weight is 385 g/mol. The highest BCUT2D eigenvalue weighted by atomic mass is 19.4. The molecule has 146 valence electrons. The van der Waals surface area contributed by atoms with E-state index in [-0.39, 0.29) is 38.4 Å². The van der Waals surface area contributed by atoms with Crippen LogP contribution in [0.4, 0.5) is 18.0 Å². The molecular formula is C17H18F3N3O4. The van der Waals surface area contributed by atoms with Crippen LogP contribution in [0.1, 0.15) is 29.5 Å². The summed E-state index contributed by atoms with van der Waals surface area (Å²) in [6, 6.07) is 2.78. The fourth-order valence-electron chi connectivity index (χ4n) is 3.35. The first kappa shape index (κ1) is 19.2. The van der Waals surface area contributed by atoms with E-state index in [4.69, 9.17) is 4.74 Å². The molecule has 1 unspecified atom stereocenters. The van der Waals surface area contributed by atoms with Gasteiger partial charge in [0.1, 0.15) is 5.54 Å². The van der Waals surface area contributed by atoms with Crippen LogP contribution in [0.15, 0.2) is 18.2 Å². The van der Waals surface area contributed by atoms with Crippen molar-refractivity contribution < 1.29 is 32.3 Å². The van der Waals surface area contributed by atoms with Crippen LogP contribution in [0, 0.1) is 0 Å². The Labute approximate surface area is 152 Å². The van der Waals surface area contributed by atoms with Gasteiger partial charge in [0.05, 0.1) is 12.2 Å². The van der Waals surface area contributed by atoms with E-state index in [0.717, 1.165) is 12.1 Å². The first-order chi connectivity index (χ1) is 12.6. The maximum absolute atomic E-state index is 12.8. The first-order valence-corrected chi connectivity index (χ1v) is 8.24.